The van der Waals surface area contributed by atoms with E-state index in [0.717, 1.165) is 18.5 Å². The molecule has 0 saturated heterocycles. The number of ether oxygens (including phenoxy) is 1. The van der Waals surface area contributed by atoms with Crippen molar-refractivity contribution in [3.63, 3.8) is 0 Å². The zero-order chi connectivity index (χ0) is 13.1. The van der Waals surface area contributed by atoms with Crippen molar-refractivity contribution in [2.45, 2.75) is 51.5 Å². The van der Waals surface area contributed by atoms with Crippen LogP contribution in [0.5, 0.6) is 0 Å². The van der Waals surface area contributed by atoms with E-state index in [-0.39, 0.29) is 17.9 Å². The second kappa shape index (κ2) is 5.55. The van der Waals surface area contributed by atoms with E-state index in [1.807, 2.05) is 6.92 Å². The van der Waals surface area contributed by atoms with Gasteiger partial charge in [-0.1, -0.05) is 19.3 Å². The summed E-state index contributed by atoms with van der Waals surface area (Å²) in [5.41, 5.74) is 0.880. The van der Waals surface area contributed by atoms with E-state index in [4.69, 9.17) is 4.74 Å². The van der Waals surface area contributed by atoms with Crippen LogP contribution in [0.1, 0.15) is 45.4 Å². The van der Waals surface area contributed by atoms with Crippen LogP contribution in [0.3, 0.4) is 0 Å². The molecule has 0 radical (unpaired) electrons. The molecule has 2 rings (SSSR count). The van der Waals surface area contributed by atoms with Crippen molar-refractivity contribution < 1.29 is 14.3 Å². The van der Waals surface area contributed by atoms with Gasteiger partial charge in [0.05, 0.1) is 7.11 Å². The highest BCUT2D eigenvalue weighted by atomic mass is 16.5. The van der Waals surface area contributed by atoms with Crippen molar-refractivity contribution in [2.24, 2.45) is 5.92 Å². The van der Waals surface area contributed by atoms with E-state index in [0.29, 0.717) is 12.3 Å². The Morgan fingerprint density at radius 1 is 1.33 bits per heavy atom. The highest BCUT2D eigenvalue weighted by molar-refractivity contribution is 5.93. The number of carbonyl (C=O) groups is 2. The van der Waals surface area contributed by atoms with Gasteiger partial charge in [-0.05, 0) is 25.7 Å². The minimum absolute atomic E-state index is 0.0909. The molecule has 1 aliphatic heterocycles. The van der Waals surface area contributed by atoms with Crippen LogP contribution in [-0.2, 0) is 9.53 Å². The highest BCUT2D eigenvalue weighted by Gasteiger charge is 2.34. The molecule has 2 aliphatic rings. The van der Waals surface area contributed by atoms with Crippen LogP contribution in [0.4, 0.5) is 4.79 Å². The zero-order valence-corrected chi connectivity index (χ0v) is 11.1. The Labute approximate surface area is 108 Å². The van der Waals surface area contributed by atoms with Gasteiger partial charge in [-0.3, -0.25) is 9.69 Å². The number of nitrogens with zero attached hydrogens (tertiary/aromatic N) is 1. The topological polar surface area (TPSA) is 46.6 Å². The van der Waals surface area contributed by atoms with Gasteiger partial charge < -0.3 is 4.74 Å². The molecule has 1 saturated carbocycles. The van der Waals surface area contributed by atoms with E-state index in [1.165, 1.54) is 26.4 Å². The smallest absolute Gasteiger partial charge is 0.414 e. The van der Waals surface area contributed by atoms with Gasteiger partial charge in [-0.2, -0.15) is 0 Å². The molecule has 0 aromatic heterocycles. The molecule has 1 atom stereocenters. The molecule has 0 N–H and O–H groups in total. The molecule has 18 heavy (non-hydrogen) atoms. The van der Waals surface area contributed by atoms with Crippen molar-refractivity contribution in [1.82, 2.24) is 4.90 Å². The third-order valence-electron chi connectivity index (χ3n) is 3.92. The summed E-state index contributed by atoms with van der Waals surface area (Å²) in [5.74, 6) is 0.466. The maximum atomic E-state index is 11.9. The number of hydrogen-bond acceptors (Lipinski definition) is 3. The van der Waals surface area contributed by atoms with Crippen molar-refractivity contribution >= 4 is 11.9 Å². The summed E-state index contributed by atoms with van der Waals surface area (Å²) >= 11 is 0. The van der Waals surface area contributed by atoms with E-state index in [2.05, 4.69) is 0 Å². The van der Waals surface area contributed by atoms with Crippen molar-refractivity contribution in [3.8, 4) is 0 Å². The number of rotatable bonds is 1. The van der Waals surface area contributed by atoms with Gasteiger partial charge in [-0.25, -0.2) is 4.79 Å². The Kier molecular flexibility index (Phi) is 4.04. The lowest BCUT2D eigenvalue weighted by Crippen LogP contribution is -2.44. The Morgan fingerprint density at radius 2 is 2.00 bits per heavy atom. The van der Waals surface area contributed by atoms with Crippen LogP contribution >= 0.6 is 0 Å². The summed E-state index contributed by atoms with van der Waals surface area (Å²) in [6, 6.07) is -0.0909. The predicted octanol–water partition coefficient (Wildman–Crippen LogP) is 2.88. The van der Waals surface area contributed by atoms with Gasteiger partial charge in [0.2, 0.25) is 0 Å². The summed E-state index contributed by atoms with van der Waals surface area (Å²) in [6.07, 6.45) is 7.47. The number of amides is 1. The minimum Gasteiger partial charge on any atom is -0.452 e. The molecule has 0 spiro atoms. The van der Waals surface area contributed by atoms with Gasteiger partial charge in [0.1, 0.15) is 0 Å². The van der Waals surface area contributed by atoms with Gasteiger partial charge >= 0.3 is 6.09 Å². The molecule has 0 bridgehead atoms. The lowest BCUT2D eigenvalue weighted by Gasteiger charge is -2.37. The van der Waals surface area contributed by atoms with Crippen LogP contribution in [-0.4, -0.2) is 29.9 Å². The van der Waals surface area contributed by atoms with Crippen LogP contribution in [0.15, 0.2) is 11.8 Å². The van der Waals surface area contributed by atoms with E-state index in [1.54, 1.807) is 11.0 Å². The Hall–Kier alpha value is -1.32. The maximum Gasteiger partial charge on any atom is 0.414 e. The van der Waals surface area contributed by atoms with Crippen molar-refractivity contribution in [1.29, 1.82) is 0 Å². The maximum absolute atomic E-state index is 11.9. The van der Waals surface area contributed by atoms with Crippen molar-refractivity contribution in [2.75, 3.05) is 7.11 Å². The second-order valence-corrected chi connectivity index (χ2v) is 5.26. The lowest BCUT2D eigenvalue weighted by atomic mass is 9.84. The van der Waals surface area contributed by atoms with E-state index in [9.17, 15) is 9.59 Å². The number of hydrogen-bond donors (Lipinski definition) is 0. The second-order valence-electron chi connectivity index (χ2n) is 5.26. The molecule has 1 unspecified atom stereocenters. The molecule has 1 fully saturated rings. The summed E-state index contributed by atoms with van der Waals surface area (Å²) in [5, 5.41) is 0. The normalized spacial score (nSPS) is 25.9. The average Bonchev–Trinajstić information content (AvgIpc) is 2.38. The molecule has 1 aliphatic carbocycles. The molecule has 4 heteroatoms. The number of carbonyl (C=O) groups excluding carboxylic acids is 2. The Balaban J connectivity index is 2.25. The average molecular weight is 251 g/mol. The van der Waals surface area contributed by atoms with Gasteiger partial charge in [0, 0.05) is 24.2 Å². The first-order valence-corrected chi connectivity index (χ1v) is 6.75. The third-order valence-corrected chi connectivity index (χ3v) is 3.92. The fraction of sp³-hybridized carbons (Fsp3) is 0.714. The van der Waals surface area contributed by atoms with E-state index >= 15 is 0 Å². The number of ketones is 1. The summed E-state index contributed by atoms with van der Waals surface area (Å²) in [4.78, 5) is 25.3. The van der Waals surface area contributed by atoms with Crippen molar-refractivity contribution in [3.05, 3.63) is 11.8 Å². The van der Waals surface area contributed by atoms with Crippen LogP contribution in [0.25, 0.3) is 0 Å². The molecule has 0 aromatic rings. The molecule has 0 aromatic carbocycles. The largest absolute Gasteiger partial charge is 0.452 e. The molecular weight excluding hydrogens is 230 g/mol. The molecule has 4 nitrogen and oxygen atoms in total. The molecule has 100 valence electrons. The van der Waals surface area contributed by atoms with Gasteiger partial charge in [-0.15, -0.1) is 0 Å². The fourth-order valence-corrected chi connectivity index (χ4v) is 3.03. The monoisotopic (exact) mass is 251 g/mol. The fourth-order valence-electron chi connectivity index (χ4n) is 3.03. The quantitative estimate of drug-likeness (QED) is 0.720. The van der Waals surface area contributed by atoms with Crippen LogP contribution in [0, 0.1) is 5.92 Å². The molecule has 1 amide bonds. The van der Waals surface area contributed by atoms with Crippen LogP contribution < -0.4 is 0 Å². The first kappa shape index (κ1) is 13.1. The molecule has 1 heterocycles. The van der Waals surface area contributed by atoms with E-state index < -0.39 is 0 Å². The highest BCUT2D eigenvalue weighted by Crippen LogP contribution is 2.35. The SMILES string of the molecule is COC(=O)N1C(C2CCCCC2)=CC(=O)CC1C. The Morgan fingerprint density at radius 3 is 2.61 bits per heavy atom. The zero-order valence-electron chi connectivity index (χ0n) is 11.1. The lowest BCUT2D eigenvalue weighted by molar-refractivity contribution is -0.116. The Bertz CT molecular complexity index is 369. The van der Waals surface area contributed by atoms with Gasteiger partial charge in [0.15, 0.2) is 5.78 Å². The number of allylic oxidation sites excluding steroid dienone is 2. The summed E-state index contributed by atoms with van der Waals surface area (Å²) in [7, 11) is 1.39. The standard InChI is InChI=1S/C14H21NO3/c1-10-8-12(16)9-13(15(10)14(17)18-2)11-6-4-3-5-7-11/h9-11H,3-8H2,1-2H3. The van der Waals surface area contributed by atoms with Crippen LogP contribution in [0.2, 0.25) is 0 Å². The predicted molar refractivity (Wildman–Crippen MR) is 68.0 cm³/mol. The molecular formula is C14H21NO3. The summed E-state index contributed by atoms with van der Waals surface area (Å²) < 4.78 is 4.85. The minimum atomic E-state index is -0.341. The first-order chi connectivity index (χ1) is 8.63. The summed E-state index contributed by atoms with van der Waals surface area (Å²) in [6.45, 7) is 1.91. The number of methoxy groups -OCH3 is 1. The third kappa shape index (κ3) is 2.57. The van der Waals surface area contributed by atoms with Gasteiger partial charge in [0.25, 0.3) is 0 Å². The first-order valence-electron chi connectivity index (χ1n) is 6.75.